The lowest BCUT2D eigenvalue weighted by Crippen LogP contribution is -2.22. The Labute approximate surface area is 101 Å². The Kier molecular flexibility index (Phi) is 2.69. The van der Waals surface area contributed by atoms with Crippen LogP contribution in [0.3, 0.4) is 0 Å². The first-order valence-electron chi connectivity index (χ1n) is 6.15. The van der Waals surface area contributed by atoms with E-state index in [4.69, 9.17) is 0 Å². The van der Waals surface area contributed by atoms with Crippen molar-refractivity contribution < 1.29 is 0 Å². The molecular weight excluding hydrogens is 210 g/mol. The minimum atomic E-state index is 0.559. The Hall–Kier alpha value is -1.61. The van der Waals surface area contributed by atoms with E-state index in [0.717, 1.165) is 18.6 Å². The van der Waals surface area contributed by atoms with Gasteiger partial charge in [-0.15, -0.1) is 0 Å². The molecule has 0 bridgehead atoms. The monoisotopic (exact) mass is 227 g/mol. The number of hydrogen-bond donors (Lipinski definition) is 2. The molecule has 0 radical (unpaired) electrons. The molecule has 0 unspecified atom stereocenters. The number of anilines is 1. The van der Waals surface area contributed by atoms with E-state index in [2.05, 4.69) is 40.7 Å². The second kappa shape index (κ2) is 4.34. The molecule has 0 aliphatic carbocycles. The quantitative estimate of drug-likeness (QED) is 0.826. The summed E-state index contributed by atoms with van der Waals surface area (Å²) in [7, 11) is 0. The van der Waals surface area contributed by atoms with Gasteiger partial charge in [0.05, 0.1) is 5.52 Å². The van der Waals surface area contributed by atoms with Crippen molar-refractivity contribution in [1.29, 1.82) is 0 Å². The van der Waals surface area contributed by atoms with Crippen LogP contribution in [0, 0.1) is 6.92 Å². The smallest absolute Gasteiger partial charge is 0.0732 e. The Morgan fingerprint density at radius 2 is 2.35 bits per heavy atom. The van der Waals surface area contributed by atoms with Crippen LogP contribution >= 0.6 is 0 Å². The first-order valence-corrected chi connectivity index (χ1v) is 6.15. The number of pyridine rings is 1. The van der Waals surface area contributed by atoms with Crippen LogP contribution in [0.1, 0.15) is 12.0 Å². The van der Waals surface area contributed by atoms with E-state index in [0.29, 0.717) is 6.04 Å². The van der Waals surface area contributed by atoms with E-state index in [9.17, 15) is 0 Å². The van der Waals surface area contributed by atoms with Gasteiger partial charge in [-0.2, -0.15) is 0 Å². The lowest BCUT2D eigenvalue weighted by Gasteiger charge is -2.14. The molecule has 1 saturated heterocycles. The van der Waals surface area contributed by atoms with Gasteiger partial charge in [-0.3, -0.25) is 4.98 Å². The highest BCUT2D eigenvalue weighted by Crippen LogP contribution is 2.22. The summed E-state index contributed by atoms with van der Waals surface area (Å²) < 4.78 is 0. The molecule has 2 aromatic rings. The zero-order valence-corrected chi connectivity index (χ0v) is 10.0. The van der Waals surface area contributed by atoms with Crippen LogP contribution in [0.2, 0.25) is 0 Å². The molecule has 3 rings (SSSR count). The number of nitrogens with zero attached hydrogens (tertiary/aromatic N) is 1. The van der Waals surface area contributed by atoms with Gasteiger partial charge in [0.1, 0.15) is 0 Å². The van der Waals surface area contributed by atoms with Crippen LogP contribution in [-0.4, -0.2) is 24.1 Å². The van der Waals surface area contributed by atoms with Gasteiger partial charge < -0.3 is 10.6 Å². The molecule has 1 aliphatic heterocycles. The molecular formula is C14H17N3. The molecule has 2 N–H and O–H groups in total. The van der Waals surface area contributed by atoms with E-state index >= 15 is 0 Å². The molecule has 1 fully saturated rings. The van der Waals surface area contributed by atoms with Crippen molar-refractivity contribution in [3.05, 3.63) is 36.0 Å². The van der Waals surface area contributed by atoms with E-state index in [-0.39, 0.29) is 0 Å². The topological polar surface area (TPSA) is 37.0 Å². The minimum absolute atomic E-state index is 0.559. The molecule has 0 spiro atoms. The Balaban J connectivity index is 1.94. The Morgan fingerprint density at radius 3 is 3.18 bits per heavy atom. The first kappa shape index (κ1) is 10.5. The van der Waals surface area contributed by atoms with Crippen LogP contribution in [0.25, 0.3) is 10.9 Å². The third kappa shape index (κ3) is 2.11. The molecule has 0 saturated carbocycles. The van der Waals surface area contributed by atoms with Gasteiger partial charge in [-0.05, 0) is 43.7 Å². The van der Waals surface area contributed by atoms with E-state index < -0.39 is 0 Å². The fourth-order valence-electron chi connectivity index (χ4n) is 2.47. The van der Waals surface area contributed by atoms with Crippen LogP contribution in [0.4, 0.5) is 5.69 Å². The second-order valence-corrected chi connectivity index (χ2v) is 4.70. The molecule has 1 aliphatic rings. The van der Waals surface area contributed by atoms with Crippen molar-refractivity contribution in [2.75, 3.05) is 18.4 Å². The number of aromatic nitrogens is 1. The van der Waals surface area contributed by atoms with E-state index in [1.807, 2.05) is 12.3 Å². The summed E-state index contributed by atoms with van der Waals surface area (Å²) in [6, 6.07) is 9.04. The number of fused-ring (bicyclic) bond motifs is 1. The summed E-state index contributed by atoms with van der Waals surface area (Å²) in [4.78, 5) is 4.41. The second-order valence-electron chi connectivity index (χ2n) is 4.70. The molecule has 0 amide bonds. The highest BCUT2D eigenvalue weighted by Gasteiger charge is 2.14. The fourth-order valence-corrected chi connectivity index (χ4v) is 2.47. The van der Waals surface area contributed by atoms with Crippen LogP contribution < -0.4 is 10.6 Å². The summed E-state index contributed by atoms with van der Waals surface area (Å²) >= 11 is 0. The maximum absolute atomic E-state index is 4.41. The lowest BCUT2D eigenvalue weighted by molar-refractivity contribution is 0.793. The van der Waals surface area contributed by atoms with Crippen molar-refractivity contribution in [2.24, 2.45) is 0 Å². The van der Waals surface area contributed by atoms with Crippen molar-refractivity contribution in [3.8, 4) is 0 Å². The van der Waals surface area contributed by atoms with Crippen molar-refractivity contribution in [1.82, 2.24) is 10.3 Å². The summed E-state index contributed by atoms with van der Waals surface area (Å²) in [6.45, 7) is 4.29. The van der Waals surface area contributed by atoms with Crippen LogP contribution in [0.15, 0.2) is 30.5 Å². The molecule has 88 valence electrons. The number of aryl methyl sites for hydroxylation is 1. The standard InChI is InChI=1S/C14H17N3/c1-10-7-13(17-12-4-6-15-9-12)8-11-3-2-5-16-14(10)11/h2-3,5,7-8,12,15,17H,4,6,9H2,1H3/t12-/m0/s1. The fraction of sp³-hybridized carbons (Fsp3) is 0.357. The third-order valence-corrected chi connectivity index (χ3v) is 3.33. The number of nitrogens with one attached hydrogen (secondary N) is 2. The Bertz CT molecular complexity index is 530. The van der Waals surface area contributed by atoms with Crippen LogP contribution in [0.5, 0.6) is 0 Å². The highest BCUT2D eigenvalue weighted by molar-refractivity contribution is 5.85. The van der Waals surface area contributed by atoms with Gasteiger partial charge in [0.25, 0.3) is 0 Å². The minimum Gasteiger partial charge on any atom is -0.381 e. The predicted molar refractivity (Wildman–Crippen MR) is 71.4 cm³/mol. The summed E-state index contributed by atoms with van der Waals surface area (Å²) in [5, 5.41) is 8.16. The predicted octanol–water partition coefficient (Wildman–Crippen LogP) is 2.32. The van der Waals surface area contributed by atoms with Gasteiger partial charge in [-0.25, -0.2) is 0 Å². The van der Waals surface area contributed by atoms with Gasteiger partial charge in [0.2, 0.25) is 0 Å². The summed E-state index contributed by atoms with van der Waals surface area (Å²) in [6.07, 6.45) is 3.05. The SMILES string of the molecule is Cc1cc(N[C@H]2CCNC2)cc2cccnc12. The van der Waals surface area contributed by atoms with Gasteiger partial charge >= 0.3 is 0 Å². The van der Waals surface area contributed by atoms with Gasteiger partial charge in [0.15, 0.2) is 0 Å². The largest absolute Gasteiger partial charge is 0.381 e. The van der Waals surface area contributed by atoms with Crippen molar-refractivity contribution in [3.63, 3.8) is 0 Å². The molecule has 2 heterocycles. The highest BCUT2D eigenvalue weighted by atomic mass is 15.0. The van der Waals surface area contributed by atoms with E-state index in [1.165, 1.54) is 23.1 Å². The normalized spacial score (nSPS) is 19.7. The zero-order chi connectivity index (χ0) is 11.7. The molecule has 3 heteroatoms. The van der Waals surface area contributed by atoms with Gasteiger partial charge in [0, 0.05) is 29.9 Å². The van der Waals surface area contributed by atoms with Crippen molar-refractivity contribution in [2.45, 2.75) is 19.4 Å². The molecule has 17 heavy (non-hydrogen) atoms. The molecule has 1 aromatic carbocycles. The maximum Gasteiger partial charge on any atom is 0.0732 e. The third-order valence-electron chi connectivity index (χ3n) is 3.33. The zero-order valence-electron chi connectivity index (χ0n) is 10.0. The Morgan fingerprint density at radius 1 is 1.41 bits per heavy atom. The van der Waals surface area contributed by atoms with Gasteiger partial charge in [-0.1, -0.05) is 6.07 Å². The first-order chi connectivity index (χ1) is 8.33. The number of benzene rings is 1. The molecule has 1 aromatic heterocycles. The van der Waals surface area contributed by atoms with E-state index in [1.54, 1.807) is 0 Å². The number of hydrogen-bond acceptors (Lipinski definition) is 3. The average molecular weight is 227 g/mol. The summed E-state index contributed by atoms with van der Waals surface area (Å²) in [5.41, 5.74) is 3.54. The summed E-state index contributed by atoms with van der Waals surface area (Å²) in [5.74, 6) is 0. The van der Waals surface area contributed by atoms with Crippen LogP contribution in [-0.2, 0) is 0 Å². The number of rotatable bonds is 2. The molecule has 1 atom stereocenters. The lowest BCUT2D eigenvalue weighted by atomic mass is 10.1. The maximum atomic E-state index is 4.41. The average Bonchev–Trinajstić information content (AvgIpc) is 2.82. The molecule has 3 nitrogen and oxygen atoms in total. The van der Waals surface area contributed by atoms with Crippen molar-refractivity contribution >= 4 is 16.6 Å².